The number of piperazine rings is 1. The van der Waals surface area contributed by atoms with Crippen molar-refractivity contribution in [3.8, 4) is 5.75 Å². The van der Waals surface area contributed by atoms with E-state index in [2.05, 4.69) is 65.6 Å². The number of benzene rings is 3. The van der Waals surface area contributed by atoms with Gasteiger partial charge in [0.25, 0.3) is 0 Å². The van der Waals surface area contributed by atoms with Crippen LogP contribution in [0.5, 0.6) is 5.75 Å². The van der Waals surface area contributed by atoms with E-state index in [4.69, 9.17) is 4.42 Å². The molecule has 0 atom stereocenters. The van der Waals surface area contributed by atoms with Crippen molar-refractivity contribution in [1.29, 1.82) is 0 Å². The second-order valence-corrected chi connectivity index (χ2v) is 8.89. The summed E-state index contributed by atoms with van der Waals surface area (Å²) in [6.07, 6.45) is 0. The van der Waals surface area contributed by atoms with Gasteiger partial charge in [-0.15, -0.1) is 5.75 Å². The summed E-state index contributed by atoms with van der Waals surface area (Å²) in [5.41, 5.74) is 4.23. The zero-order valence-electron chi connectivity index (χ0n) is 18.8. The van der Waals surface area contributed by atoms with Gasteiger partial charge < -0.3 is 14.4 Å². The first-order chi connectivity index (χ1) is 16.1. The SMILES string of the molecule is Cc1cc2oc(=O)cc(C[NH+]3CCN(C(c4ccccc4)c4ccccc4)CC3)c2cc1[O-]. The van der Waals surface area contributed by atoms with Gasteiger partial charge in [-0.3, -0.25) is 4.90 Å². The molecule has 1 aliphatic heterocycles. The van der Waals surface area contributed by atoms with Crippen LogP contribution in [0.2, 0.25) is 0 Å². The predicted molar refractivity (Wildman–Crippen MR) is 127 cm³/mol. The number of nitrogens with one attached hydrogen (secondary N) is 1. The Morgan fingerprint density at radius 2 is 1.55 bits per heavy atom. The predicted octanol–water partition coefficient (Wildman–Crippen LogP) is 2.67. The standard InChI is InChI=1S/C28H28N2O3/c1-20-16-26-24(18-25(20)31)23(17-27(32)33-26)19-29-12-14-30(15-13-29)28(21-8-4-2-5-9-21)22-10-6-3-7-11-22/h2-11,16-18,28,31H,12-15,19H2,1H3. The second kappa shape index (κ2) is 9.22. The molecule has 0 saturated carbocycles. The number of fused-ring (bicyclic) bond motifs is 1. The summed E-state index contributed by atoms with van der Waals surface area (Å²) in [5, 5.41) is 13.0. The Morgan fingerprint density at radius 1 is 0.939 bits per heavy atom. The van der Waals surface area contributed by atoms with E-state index in [0.29, 0.717) is 17.7 Å². The van der Waals surface area contributed by atoms with Gasteiger partial charge >= 0.3 is 5.63 Å². The number of aryl methyl sites for hydroxylation is 1. The summed E-state index contributed by atoms with van der Waals surface area (Å²) >= 11 is 0. The highest BCUT2D eigenvalue weighted by molar-refractivity contribution is 5.82. The zero-order valence-corrected chi connectivity index (χ0v) is 18.8. The Bertz CT molecular complexity index is 1250. The summed E-state index contributed by atoms with van der Waals surface area (Å²) in [4.78, 5) is 16.1. The number of hydrogen-bond donors (Lipinski definition) is 1. The molecule has 33 heavy (non-hydrogen) atoms. The van der Waals surface area contributed by atoms with Crippen molar-refractivity contribution in [3.05, 3.63) is 112 Å². The highest BCUT2D eigenvalue weighted by Gasteiger charge is 2.28. The van der Waals surface area contributed by atoms with Gasteiger partial charge in [-0.2, -0.15) is 0 Å². The first-order valence-electron chi connectivity index (χ1n) is 11.5. The third kappa shape index (κ3) is 4.56. The molecular formula is C28H28N2O3. The smallest absolute Gasteiger partial charge is 0.336 e. The van der Waals surface area contributed by atoms with Crippen molar-refractivity contribution in [3.63, 3.8) is 0 Å². The molecule has 0 unspecified atom stereocenters. The van der Waals surface area contributed by atoms with Gasteiger partial charge in [0.2, 0.25) is 0 Å². The van der Waals surface area contributed by atoms with Gasteiger partial charge in [-0.25, -0.2) is 4.79 Å². The molecule has 1 aliphatic rings. The van der Waals surface area contributed by atoms with E-state index in [1.165, 1.54) is 16.0 Å². The van der Waals surface area contributed by atoms with Crippen molar-refractivity contribution in [2.45, 2.75) is 19.5 Å². The molecule has 0 bridgehead atoms. The maximum atomic E-state index is 12.2. The van der Waals surface area contributed by atoms with Gasteiger partial charge in [0.15, 0.2) is 0 Å². The number of quaternary nitrogens is 1. The lowest BCUT2D eigenvalue weighted by Crippen LogP contribution is -3.13. The Kier molecular flexibility index (Phi) is 5.99. The van der Waals surface area contributed by atoms with E-state index < -0.39 is 0 Å². The molecule has 5 rings (SSSR count). The van der Waals surface area contributed by atoms with Crippen molar-refractivity contribution in [2.24, 2.45) is 0 Å². The number of hydrogen-bond acceptors (Lipinski definition) is 4. The molecule has 1 fully saturated rings. The normalized spacial score (nSPS) is 15.3. The molecule has 168 valence electrons. The van der Waals surface area contributed by atoms with Gasteiger partial charge in [0.1, 0.15) is 12.1 Å². The Hall–Kier alpha value is -3.41. The van der Waals surface area contributed by atoms with E-state index >= 15 is 0 Å². The first kappa shape index (κ1) is 21.4. The Morgan fingerprint density at radius 3 is 2.15 bits per heavy atom. The third-order valence-electron chi connectivity index (χ3n) is 6.67. The molecule has 5 nitrogen and oxygen atoms in total. The van der Waals surface area contributed by atoms with E-state index in [1.54, 1.807) is 25.1 Å². The van der Waals surface area contributed by atoms with Gasteiger partial charge in [-0.1, -0.05) is 72.3 Å². The van der Waals surface area contributed by atoms with Crippen LogP contribution in [-0.2, 0) is 6.54 Å². The lowest BCUT2D eigenvalue weighted by atomic mass is 9.96. The second-order valence-electron chi connectivity index (χ2n) is 8.89. The minimum atomic E-state index is -0.359. The van der Waals surface area contributed by atoms with Crippen molar-refractivity contribution in [2.75, 3.05) is 26.2 Å². The highest BCUT2D eigenvalue weighted by Crippen LogP contribution is 2.28. The minimum Gasteiger partial charge on any atom is -0.872 e. The molecule has 2 heterocycles. The van der Waals surface area contributed by atoms with Crippen molar-refractivity contribution in [1.82, 2.24) is 4.90 Å². The van der Waals surface area contributed by atoms with Crippen molar-refractivity contribution < 1.29 is 14.4 Å². The maximum absolute atomic E-state index is 12.2. The minimum absolute atomic E-state index is 0.0222. The van der Waals surface area contributed by atoms with Crippen LogP contribution >= 0.6 is 0 Å². The number of rotatable bonds is 5. The average molecular weight is 441 g/mol. The Labute approximate surface area is 193 Å². The molecule has 0 amide bonds. The van der Waals surface area contributed by atoms with Gasteiger partial charge in [-0.05, 0) is 24.1 Å². The van der Waals surface area contributed by atoms with Crippen LogP contribution in [0.15, 0.2) is 88.1 Å². The van der Waals surface area contributed by atoms with Crippen LogP contribution in [0.3, 0.4) is 0 Å². The van der Waals surface area contributed by atoms with Crippen LogP contribution in [-0.4, -0.2) is 31.1 Å². The fraction of sp³-hybridized carbons (Fsp3) is 0.250. The van der Waals surface area contributed by atoms with Gasteiger partial charge in [0.05, 0.1) is 19.1 Å². The molecule has 1 N–H and O–H groups in total. The van der Waals surface area contributed by atoms with E-state index in [0.717, 1.165) is 37.1 Å². The van der Waals surface area contributed by atoms with Crippen LogP contribution in [0.1, 0.15) is 28.3 Å². The summed E-state index contributed by atoms with van der Waals surface area (Å²) in [7, 11) is 0. The summed E-state index contributed by atoms with van der Waals surface area (Å²) < 4.78 is 5.36. The first-order valence-corrected chi connectivity index (χ1v) is 11.5. The average Bonchev–Trinajstić information content (AvgIpc) is 2.83. The molecular weight excluding hydrogens is 412 g/mol. The highest BCUT2D eigenvalue weighted by atomic mass is 16.4. The molecule has 0 radical (unpaired) electrons. The largest absolute Gasteiger partial charge is 0.872 e. The van der Waals surface area contributed by atoms with Crippen LogP contribution in [0, 0.1) is 6.92 Å². The third-order valence-corrected chi connectivity index (χ3v) is 6.67. The van der Waals surface area contributed by atoms with Crippen LogP contribution < -0.4 is 15.6 Å². The lowest BCUT2D eigenvalue weighted by molar-refractivity contribution is -0.918. The van der Waals surface area contributed by atoms with Crippen molar-refractivity contribution >= 4 is 11.0 Å². The fourth-order valence-corrected chi connectivity index (χ4v) is 4.93. The monoisotopic (exact) mass is 440 g/mol. The van der Waals surface area contributed by atoms with E-state index in [1.807, 2.05) is 0 Å². The van der Waals surface area contributed by atoms with E-state index in [-0.39, 0.29) is 17.4 Å². The number of nitrogens with zero attached hydrogens (tertiary/aromatic N) is 1. The van der Waals surface area contributed by atoms with Crippen LogP contribution in [0.25, 0.3) is 11.0 Å². The quantitative estimate of drug-likeness (QED) is 0.485. The molecule has 0 spiro atoms. The van der Waals surface area contributed by atoms with E-state index in [9.17, 15) is 9.90 Å². The van der Waals surface area contributed by atoms with Crippen LogP contribution in [0.4, 0.5) is 0 Å². The summed E-state index contributed by atoms with van der Waals surface area (Å²) in [6.45, 7) is 6.29. The molecule has 1 aromatic heterocycles. The lowest BCUT2D eigenvalue weighted by Gasteiger charge is -2.38. The molecule has 1 saturated heterocycles. The zero-order chi connectivity index (χ0) is 22.8. The maximum Gasteiger partial charge on any atom is 0.336 e. The fourth-order valence-electron chi connectivity index (χ4n) is 4.93. The molecule has 0 aliphatic carbocycles. The Balaban J connectivity index is 1.36. The topological polar surface area (TPSA) is 61.0 Å². The molecule has 5 heteroatoms. The molecule has 4 aromatic rings. The summed E-state index contributed by atoms with van der Waals surface area (Å²) in [5.74, 6) is -0.0222. The molecule has 3 aromatic carbocycles. The van der Waals surface area contributed by atoms with Gasteiger partial charge in [0, 0.05) is 30.1 Å². The summed E-state index contributed by atoms with van der Waals surface area (Å²) in [6, 6.07) is 26.4.